The molecule has 2 aliphatic rings. The third kappa shape index (κ3) is 3.07. The predicted octanol–water partition coefficient (Wildman–Crippen LogP) is 2.41. The average molecular weight is 282 g/mol. The van der Waals surface area contributed by atoms with Crippen LogP contribution in [-0.2, 0) is 4.79 Å². The van der Waals surface area contributed by atoms with E-state index in [9.17, 15) is 9.59 Å². The van der Waals surface area contributed by atoms with E-state index < -0.39 is 5.97 Å². The molecule has 0 bridgehead atoms. The highest BCUT2D eigenvalue weighted by Gasteiger charge is 2.36. The van der Waals surface area contributed by atoms with Gasteiger partial charge in [-0.25, -0.2) is 4.79 Å². The second-order valence-electron chi connectivity index (χ2n) is 6.56. The number of rotatable bonds is 1. The third-order valence-corrected chi connectivity index (χ3v) is 4.86. The Kier molecular flexibility index (Phi) is 4.55. The molecule has 0 spiro atoms. The molecule has 0 aliphatic carbocycles. The quantitative estimate of drug-likeness (QED) is 0.803. The number of hydrogen-bond donors (Lipinski definition) is 1. The molecule has 5 heteroatoms. The number of urea groups is 1. The zero-order chi connectivity index (χ0) is 14.9. The molecule has 2 heterocycles. The number of aliphatic carboxylic acids is 1. The van der Waals surface area contributed by atoms with Crippen molar-refractivity contribution in [3.8, 4) is 0 Å². The first-order valence-electron chi connectivity index (χ1n) is 7.70. The lowest BCUT2D eigenvalue weighted by atomic mass is 9.91. The minimum atomic E-state index is -0.732. The first kappa shape index (κ1) is 15.1. The van der Waals surface area contributed by atoms with Gasteiger partial charge in [-0.05, 0) is 45.4 Å². The van der Waals surface area contributed by atoms with Gasteiger partial charge in [0.1, 0.15) is 0 Å². The van der Waals surface area contributed by atoms with E-state index in [-0.39, 0.29) is 24.0 Å². The monoisotopic (exact) mass is 282 g/mol. The van der Waals surface area contributed by atoms with E-state index in [1.165, 1.54) is 0 Å². The van der Waals surface area contributed by atoms with Crippen molar-refractivity contribution in [2.45, 2.75) is 58.5 Å². The fourth-order valence-corrected chi connectivity index (χ4v) is 3.54. The van der Waals surface area contributed by atoms with Crippen LogP contribution in [0.3, 0.4) is 0 Å². The van der Waals surface area contributed by atoms with Crippen molar-refractivity contribution >= 4 is 12.0 Å². The molecule has 5 nitrogen and oxygen atoms in total. The van der Waals surface area contributed by atoms with Crippen LogP contribution in [0.15, 0.2) is 0 Å². The number of carboxylic acids is 1. The number of likely N-dealkylation sites (tertiary alicyclic amines) is 2. The maximum Gasteiger partial charge on any atom is 0.320 e. The smallest absolute Gasteiger partial charge is 0.320 e. The van der Waals surface area contributed by atoms with Crippen LogP contribution in [0.4, 0.5) is 4.79 Å². The Morgan fingerprint density at radius 1 is 0.950 bits per heavy atom. The van der Waals surface area contributed by atoms with Gasteiger partial charge in [-0.1, -0.05) is 6.92 Å². The van der Waals surface area contributed by atoms with Crippen molar-refractivity contribution in [3.63, 3.8) is 0 Å². The van der Waals surface area contributed by atoms with Gasteiger partial charge in [-0.3, -0.25) is 4.79 Å². The van der Waals surface area contributed by atoms with Crippen molar-refractivity contribution in [1.82, 2.24) is 9.80 Å². The Morgan fingerprint density at radius 3 is 2.00 bits per heavy atom. The topological polar surface area (TPSA) is 60.9 Å². The lowest BCUT2D eigenvalue weighted by Gasteiger charge is -2.43. The van der Waals surface area contributed by atoms with E-state index in [0.29, 0.717) is 25.3 Å². The maximum atomic E-state index is 12.7. The number of carboxylic acid groups (broad SMARTS) is 1. The average Bonchev–Trinajstić information content (AvgIpc) is 2.37. The number of amides is 2. The van der Waals surface area contributed by atoms with Gasteiger partial charge in [0.05, 0.1) is 5.92 Å². The van der Waals surface area contributed by atoms with E-state index in [1.54, 1.807) is 0 Å². The molecule has 2 rings (SSSR count). The Labute approximate surface area is 120 Å². The predicted molar refractivity (Wildman–Crippen MR) is 76.5 cm³/mol. The maximum absolute atomic E-state index is 12.7. The molecular formula is C15H26N2O3. The van der Waals surface area contributed by atoms with Crippen molar-refractivity contribution in [2.75, 3.05) is 13.1 Å². The molecule has 20 heavy (non-hydrogen) atoms. The van der Waals surface area contributed by atoms with E-state index >= 15 is 0 Å². The highest BCUT2D eigenvalue weighted by Crippen LogP contribution is 2.27. The van der Waals surface area contributed by atoms with Gasteiger partial charge in [-0.2, -0.15) is 0 Å². The van der Waals surface area contributed by atoms with Crippen LogP contribution < -0.4 is 0 Å². The van der Waals surface area contributed by atoms with Gasteiger partial charge < -0.3 is 14.9 Å². The molecule has 4 unspecified atom stereocenters. The molecule has 4 atom stereocenters. The third-order valence-electron chi connectivity index (χ3n) is 4.86. The van der Waals surface area contributed by atoms with Crippen molar-refractivity contribution < 1.29 is 14.7 Å². The molecule has 1 N–H and O–H groups in total. The van der Waals surface area contributed by atoms with E-state index in [2.05, 4.69) is 13.8 Å². The van der Waals surface area contributed by atoms with Crippen LogP contribution in [0.2, 0.25) is 0 Å². The highest BCUT2D eigenvalue weighted by atomic mass is 16.4. The Hall–Kier alpha value is -1.26. The van der Waals surface area contributed by atoms with Gasteiger partial charge >= 0.3 is 12.0 Å². The van der Waals surface area contributed by atoms with Gasteiger partial charge in [0.15, 0.2) is 0 Å². The van der Waals surface area contributed by atoms with Crippen LogP contribution in [-0.4, -0.2) is 52.1 Å². The molecule has 0 aromatic carbocycles. The summed E-state index contributed by atoms with van der Waals surface area (Å²) in [6, 6.07) is 0.403. The number of hydrogen-bond acceptors (Lipinski definition) is 2. The zero-order valence-corrected chi connectivity index (χ0v) is 12.7. The molecule has 2 saturated heterocycles. The summed E-state index contributed by atoms with van der Waals surface area (Å²) in [5.41, 5.74) is 0. The van der Waals surface area contributed by atoms with Crippen LogP contribution in [0.25, 0.3) is 0 Å². The number of piperidine rings is 2. The normalized spacial score (nSPS) is 35.0. The first-order chi connectivity index (χ1) is 9.40. The molecule has 0 aromatic rings. The minimum absolute atomic E-state index is 0.0175. The first-order valence-corrected chi connectivity index (χ1v) is 7.70. The summed E-state index contributed by atoms with van der Waals surface area (Å²) >= 11 is 0. The molecule has 0 aromatic heterocycles. The van der Waals surface area contributed by atoms with Crippen LogP contribution in [0.1, 0.15) is 46.5 Å². The van der Waals surface area contributed by atoms with Gasteiger partial charge in [0, 0.05) is 25.2 Å². The number of nitrogens with zero attached hydrogens (tertiary/aromatic N) is 2. The van der Waals surface area contributed by atoms with Crippen LogP contribution in [0, 0.1) is 11.8 Å². The summed E-state index contributed by atoms with van der Waals surface area (Å²) in [5.74, 6) is -0.346. The molecule has 2 fully saturated rings. The summed E-state index contributed by atoms with van der Waals surface area (Å²) in [5, 5.41) is 9.09. The molecule has 2 aliphatic heterocycles. The second kappa shape index (κ2) is 6.02. The summed E-state index contributed by atoms with van der Waals surface area (Å²) in [4.78, 5) is 27.6. The lowest BCUT2D eigenvalue weighted by Crippen LogP contribution is -2.55. The van der Waals surface area contributed by atoms with E-state index in [0.717, 1.165) is 19.4 Å². The minimum Gasteiger partial charge on any atom is -0.481 e. The van der Waals surface area contributed by atoms with E-state index in [1.807, 2.05) is 16.7 Å². The van der Waals surface area contributed by atoms with Gasteiger partial charge in [0.2, 0.25) is 0 Å². The zero-order valence-electron chi connectivity index (χ0n) is 12.7. The molecular weight excluding hydrogens is 256 g/mol. The molecule has 114 valence electrons. The largest absolute Gasteiger partial charge is 0.481 e. The van der Waals surface area contributed by atoms with Crippen molar-refractivity contribution in [3.05, 3.63) is 0 Å². The fourth-order valence-electron chi connectivity index (χ4n) is 3.54. The fraction of sp³-hybridized carbons (Fsp3) is 0.867. The summed E-state index contributed by atoms with van der Waals surface area (Å²) in [6.45, 7) is 7.70. The summed E-state index contributed by atoms with van der Waals surface area (Å²) in [6.07, 6.45) is 3.27. The standard InChI is InChI=1S/C15H26N2O3/c1-10-4-6-16(11(2)8-10)15(20)17-7-5-13(14(18)19)9-12(17)3/h10-13H,4-9H2,1-3H3,(H,18,19). The van der Waals surface area contributed by atoms with Gasteiger partial charge in [-0.15, -0.1) is 0 Å². The molecule has 0 saturated carbocycles. The number of carbonyl (C=O) groups is 2. The van der Waals surface area contributed by atoms with Crippen LogP contribution in [0.5, 0.6) is 0 Å². The second-order valence-corrected chi connectivity index (χ2v) is 6.56. The highest BCUT2D eigenvalue weighted by molar-refractivity contribution is 5.76. The van der Waals surface area contributed by atoms with E-state index in [4.69, 9.17) is 5.11 Å². The van der Waals surface area contributed by atoms with Crippen LogP contribution >= 0.6 is 0 Å². The van der Waals surface area contributed by atoms with Crippen molar-refractivity contribution in [2.24, 2.45) is 11.8 Å². The Bertz CT molecular complexity index is 385. The molecule has 2 amide bonds. The summed E-state index contributed by atoms with van der Waals surface area (Å²) < 4.78 is 0. The lowest BCUT2D eigenvalue weighted by molar-refractivity contribution is -0.143. The van der Waals surface area contributed by atoms with Gasteiger partial charge in [0.25, 0.3) is 0 Å². The Morgan fingerprint density at radius 2 is 1.50 bits per heavy atom. The number of carbonyl (C=O) groups excluding carboxylic acids is 1. The SMILES string of the molecule is CC1CCN(C(=O)N2CCC(C(=O)O)CC2C)C(C)C1. The Balaban J connectivity index is 1.98. The molecule has 0 radical (unpaired) electrons. The summed E-state index contributed by atoms with van der Waals surface area (Å²) in [7, 11) is 0. The van der Waals surface area contributed by atoms with Crippen molar-refractivity contribution in [1.29, 1.82) is 0 Å².